The van der Waals surface area contributed by atoms with Crippen molar-refractivity contribution in [1.82, 2.24) is 19.7 Å². The van der Waals surface area contributed by atoms with Gasteiger partial charge in [-0.15, -0.1) is 11.3 Å². The third kappa shape index (κ3) is 3.71. The molecule has 1 aliphatic rings. The zero-order valence-corrected chi connectivity index (χ0v) is 18.2. The maximum Gasteiger partial charge on any atom is 0.312 e. The van der Waals surface area contributed by atoms with Gasteiger partial charge >= 0.3 is 5.97 Å². The molecular formula is C22H26N4O2S. The number of pyridine rings is 1. The summed E-state index contributed by atoms with van der Waals surface area (Å²) >= 11 is 1.60. The van der Waals surface area contributed by atoms with Gasteiger partial charge in [-0.1, -0.05) is 6.92 Å². The molecule has 0 spiro atoms. The summed E-state index contributed by atoms with van der Waals surface area (Å²) in [5, 5.41) is 5.86. The SMILES string of the molecule is CCC(C)n1nc(-c2ccc(C)nc2)c2c1-c1sc(CC(=O)OC)nc1CCC2. The zero-order valence-electron chi connectivity index (χ0n) is 17.4. The number of ether oxygens (including phenoxy) is 1. The van der Waals surface area contributed by atoms with Gasteiger partial charge in [-0.3, -0.25) is 14.5 Å². The fourth-order valence-electron chi connectivity index (χ4n) is 3.74. The van der Waals surface area contributed by atoms with E-state index in [-0.39, 0.29) is 18.4 Å². The number of methoxy groups -OCH3 is 1. The number of thiazole rings is 1. The minimum Gasteiger partial charge on any atom is -0.469 e. The lowest BCUT2D eigenvalue weighted by atomic mass is 10.0. The highest BCUT2D eigenvalue weighted by Crippen LogP contribution is 2.42. The van der Waals surface area contributed by atoms with Crippen LogP contribution in [0.2, 0.25) is 0 Å². The number of hydrogen-bond acceptors (Lipinski definition) is 6. The van der Waals surface area contributed by atoms with Crippen molar-refractivity contribution in [2.45, 2.75) is 58.9 Å². The van der Waals surface area contributed by atoms with Crippen LogP contribution in [0.5, 0.6) is 0 Å². The Morgan fingerprint density at radius 2 is 2.17 bits per heavy atom. The fourth-order valence-corrected chi connectivity index (χ4v) is 4.90. The second-order valence-electron chi connectivity index (χ2n) is 7.56. The summed E-state index contributed by atoms with van der Waals surface area (Å²) in [7, 11) is 1.42. The Labute approximate surface area is 175 Å². The van der Waals surface area contributed by atoms with E-state index in [1.54, 1.807) is 11.3 Å². The molecule has 1 atom stereocenters. The summed E-state index contributed by atoms with van der Waals surface area (Å²) < 4.78 is 7.00. The van der Waals surface area contributed by atoms with Gasteiger partial charge < -0.3 is 4.74 Å². The highest BCUT2D eigenvalue weighted by Gasteiger charge is 2.29. The molecule has 1 unspecified atom stereocenters. The highest BCUT2D eigenvalue weighted by molar-refractivity contribution is 7.15. The van der Waals surface area contributed by atoms with E-state index in [4.69, 9.17) is 14.8 Å². The largest absolute Gasteiger partial charge is 0.469 e. The number of nitrogens with zero attached hydrogens (tertiary/aromatic N) is 4. The fraction of sp³-hybridized carbons (Fsp3) is 0.455. The molecule has 7 heteroatoms. The molecular weight excluding hydrogens is 384 g/mol. The number of fused-ring (bicyclic) bond motifs is 3. The van der Waals surface area contributed by atoms with Crippen LogP contribution in [0.1, 0.15) is 54.7 Å². The monoisotopic (exact) mass is 410 g/mol. The van der Waals surface area contributed by atoms with Gasteiger partial charge in [-0.2, -0.15) is 5.10 Å². The first-order chi connectivity index (χ1) is 14.0. The molecule has 0 aliphatic heterocycles. The van der Waals surface area contributed by atoms with Crippen LogP contribution in [-0.4, -0.2) is 32.8 Å². The number of carbonyl (C=O) groups is 1. The lowest BCUT2D eigenvalue weighted by Gasteiger charge is -2.13. The van der Waals surface area contributed by atoms with E-state index in [2.05, 4.69) is 29.6 Å². The second kappa shape index (κ2) is 8.06. The number of aromatic nitrogens is 4. The quantitative estimate of drug-likeness (QED) is 0.577. The molecule has 0 aromatic carbocycles. The van der Waals surface area contributed by atoms with Crippen LogP contribution in [-0.2, 0) is 28.8 Å². The summed E-state index contributed by atoms with van der Waals surface area (Å²) in [4.78, 5) is 22.2. The topological polar surface area (TPSA) is 69.9 Å². The standard InChI is InChI=1S/C22H26N4O2S/c1-5-14(3)26-21-16(20(25-26)15-10-9-13(2)23-12-15)7-6-8-17-22(21)29-18(24-17)11-19(27)28-4/h9-10,12,14H,5-8,11H2,1-4H3. The van der Waals surface area contributed by atoms with E-state index in [1.807, 2.05) is 19.2 Å². The summed E-state index contributed by atoms with van der Waals surface area (Å²) in [5.41, 5.74) is 6.57. The lowest BCUT2D eigenvalue weighted by molar-refractivity contribution is -0.139. The molecule has 0 saturated heterocycles. The molecule has 0 bridgehead atoms. The Morgan fingerprint density at radius 3 is 2.86 bits per heavy atom. The van der Waals surface area contributed by atoms with Gasteiger partial charge in [0.15, 0.2) is 0 Å². The number of aryl methyl sites for hydroxylation is 2. The molecule has 0 fully saturated rings. The van der Waals surface area contributed by atoms with Gasteiger partial charge in [-0.25, -0.2) is 4.98 Å². The summed E-state index contributed by atoms with van der Waals surface area (Å²) in [6, 6.07) is 4.41. The molecule has 29 heavy (non-hydrogen) atoms. The Kier molecular flexibility index (Phi) is 5.50. The van der Waals surface area contributed by atoms with Crippen LogP contribution in [0.15, 0.2) is 18.3 Å². The molecule has 6 nitrogen and oxygen atoms in total. The average molecular weight is 411 g/mol. The minimum absolute atomic E-state index is 0.218. The van der Waals surface area contributed by atoms with E-state index in [0.717, 1.165) is 63.9 Å². The van der Waals surface area contributed by atoms with E-state index in [9.17, 15) is 4.79 Å². The Balaban J connectivity index is 1.89. The highest BCUT2D eigenvalue weighted by atomic mass is 32.1. The van der Waals surface area contributed by atoms with Crippen LogP contribution in [0.25, 0.3) is 21.8 Å². The smallest absolute Gasteiger partial charge is 0.312 e. The second-order valence-corrected chi connectivity index (χ2v) is 8.64. The predicted octanol–water partition coefficient (Wildman–Crippen LogP) is 4.55. The first-order valence-electron chi connectivity index (χ1n) is 10.1. The van der Waals surface area contributed by atoms with Crippen molar-refractivity contribution in [2.75, 3.05) is 7.11 Å². The van der Waals surface area contributed by atoms with Crippen LogP contribution >= 0.6 is 11.3 Å². The van der Waals surface area contributed by atoms with Gasteiger partial charge in [0.25, 0.3) is 0 Å². The van der Waals surface area contributed by atoms with Gasteiger partial charge in [-0.05, 0) is 51.7 Å². The molecule has 1 aliphatic carbocycles. The summed E-state index contributed by atoms with van der Waals surface area (Å²) in [6.45, 7) is 6.37. The first kappa shape index (κ1) is 19.8. The predicted molar refractivity (Wildman–Crippen MR) is 114 cm³/mol. The molecule has 0 N–H and O–H groups in total. The number of esters is 1. The molecule has 4 rings (SSSR count). The van der Waals surface area contributed by atoms with Crippen molar-refractivity contribution in [1.29, 1.82) is 0 Å². The first-order valence-corrected chi connectivity index (χ1v) is 10.9. The number of rotatable bonds is 5. The van der Waals surface area contributed by atoms with E-state index >= 15 is 0 Å². The van der Waals surface area contributed by atoms with Crippen molar-refractivity contribution < 1.29 is 9.53 Å². The summed E-state index contributed by atoms with van der Waals surface area (Å²) in [6.07, 6.45) is 6.01. The van der Waals surface area contributed by atoms with Crippen molar-refractivity contribution in [3.63, 3.8) is 0 Å². The van der Waals surface area contributed by atoms with E-state index < -0.39 is 0 Å². The van der Waals surface area contributed by atoms with E-state index in [1.165, 1.54) is 12.7 Å². The zero-order chi connectivity index (χ0) is 20.5. The molecule has 3 aromatic heterocycles. The molecule has 0 saturated carbocycles. The van der Waals surface area contributed by atoms with Crippen LogP contribution in [0.3, 0.4) is 0 Å². The van der Waals surface area contributed by atoms with E-state index in [0.29, 0.717) is 0 Å². The average Bonchev–Trinajstić information content (AvgIpc) is 3.24. The third-order valence-electron chi connectivity index (χ3n) is 5.52. The van der Waals surface area contributed by atoms with Crippen molar-refractivity contribution >= 4 is 17.3 Å². The summed E-state index contributed by atoms with van der Waals surface area (Å²) in [5.74, 6) is -0.254. The maximum atomic E-state index is 11.8. The Bertz CT molecular complexity index is 1040. The van der Waals surface area contributed by atoms with Crippen molar-refractivity contribution in [3.8, 4) is 21.8 Å². The van der Waals surface area contributed by atoms with Crippen molar-refractivity contribution in [3.05, 3.63) is 40.3 Å². The van der Waals surface area contributed by atoms with Crippen LogP contribution in [0.4, 0.5) is 0 Å². The van der Waals surface area contributed by atoms with Crippen molar-refractivity contribution in [2.24, 2.45) is 0 Å². The van der Waals surface area contributed by atoms with Crippen LogP contribution < -0.4 is 0 Å². The normalized spacial score (nSPS) is 14.1. The molecule has 0 radical (unpaired) electrons. The minimum atomic E-state index is -0.254. The third-order valence-corrected chi connectivity index (χ3v) is 6.63. The lowest BCUT2D eigenvalue weighted by Crippen LogP contribution is -2.07. The van der Waals surface area contributed by atoms with Gasteiger partial charge in [0.2, 0.25) is 0 Å². The van der Waals surface area contributed by atoms with Gasteiger partial charge in [0, 0.05) is 29.1 Å². The molecule has 3 aromatic rings. The molecule has 0 amide bonds. The molecule has 152 valence electrons. The number of hydrogen-bond donors (Lipinski definition) is 0. The number of carbonyl (C=O) groups excluding carboxylic acids is 1. The Morgan fingerprint density at radius 1 is 1.34 bits per heavy atom. The Hall–Kier alpha value is -2.54. The molecule has 3 heterocycles. The van der Waals surface area contributed by atoms with Gasteiger partial charge in [0.1, 0.15) is 5.01 Å². The maximum absolute atomic E-state index is 11.8. The van der Waals surface area contributed by atoms with Gasteiger partial charge in [0.05, 0.1) is 35.5 Å². The van der Waals surface area contributed by atoms with Crippen LogP contribution in [0, 0.1) is 6.92 Å².